The fraction of sp³-hybridized carbons (Fsp3) is 0.400. The third-order valence-corrected chi connectivity index (χ3v) is 3.01. The quantitative estimate of drug-likeness (QED) is 0.594. The van der Waals surface area contributed by atoms with Crippen molar-refractivity contribution in [3.8, 4) is 0 Å². The van der Waals surface area contributed by atoms with Gasteiger partial charge in [0, 0.05) is 6.92 Å². The van der Waals surface area contributed by atoms with Crippen molar-refractivity contribution in [1.82, 2.24) is 0 Å². The summed E-state index contributed by atoms with van der Waals surface area (Å²) < 4.78 is 11.0. The molecule has 1 heterocycles. The van der Waals surface area contributed by atoms with Gasteiger partial charge in [0.25, 0.3) is 0 Å². The Labute approximate surface area is 107 Å². The molecule has 1 aliphatic rings. The maximum Gasteiger partial charge on any atom is 0.303 e. The Hall–Kier alpha value is -1.61. The number of carbonyl (C=O) groups excluding carboxylic acids is 1. The molecule has 0 spiro atoms. The first-order chi connectivity index (χ1) is 8.56. The molecule has 0 radical (unpaired) electrons. The molecular weight excluding hydrogens is 228 g/mol. The lowest BCUT2D eigenvalue weighted by molar-refractivity contribution is -0.153. The summed E-state index contributed by atoms with van der Waals surface area (Å²) in [5, 5.41) is 0. The van der Waals surface area contributed by atoms with Crippen molar-refractivity contribution in [2.75, 3.05) is 0 Å². The monoisotopic (exact) mass is 246 g/mol. The Kier molecular flexibility index (Phi) is 3.82. The summed E-state index contributed by atoms with van der Waals surface area (Å²) in [6.07, 6.45) is 3.36. The Balaban J connectivity index is 2.10. The van der Waals surface area contributed by atoms with E-state index in [0.29, 0.717) is 0 Å². The minimum absolute atomic E-state index is 0.0626. The molecule has 0 amide bonds. The molecule has 3 heteroatoms. The molecule has 0 fully saturated rings. The highest BCUT2D eigenvalue weighted by molar-refractivity contribution is 5.66. The number of aryl methyl sites for hydroxylation is 1. The van der Waals surface area contributed by atoms with Crippen LogP contribution in [0.3, 0.4) is 0 Å². The predicted molar refractivity (Wildman–Crippen MR) is 69.2 cm³/mol. The third kappa shape index (κ3) is 2.99. The van der Waals surface area contributed by atoms with E-state index in [-0.39, 0.29) is 24.3 Å². The molecule has 0 N–H and O–H groups in total. The number of carbonyl (C=O) groups is 1. The van der Waals surface area contributed by atoms with Gasteiger partial charge >= 0.3 is 5.97 Å². The van der Waals surface area contributed by atoms with Gasteiger partial charge in [-0.25, -0.2) is 0 Å². The van der Waals surface area contributed by atoms with Crippen LogP contribution in [0.15, 0.2) is 36.4 Å². The lowest BCUT2D eigenvalue weighted by Gasteiger charge is -2.29. The zero-order valence-electron chi connectivity index (χ0n) is 10.9. The van der Waals surface area contributed by atoms with Gasteiger partial charge in [-0.2, -0.15) is 0 Å². The first-order valence-electron chi connectivity index (χ1n) is 6.14. The van der Waals surface area contributed by atoms with Gasteiger partial charge < -0.3 is 9.47 Å². The van der Waals surface area contributed by atoms with Crippen LogP contribution in [-0.4, -0.2) is 18.2 Å². The highest BCUT2D eigenvalue weighted by Gasteiger charge is 2.26. The third-order valence-electron chi connectivity index (χ3n) is 3.01. The summed E-state index contributed by atoms with van der Waals surface area (Å²) in [5.74, 6) is -0.283. The Morgan fingerprint density at radius 1 is 1.22 bits per heavy atom. The van der Waals surface area contributed by atoms with Crippen molar-refractivity contribution in [1.29, 1.82) is 0 Å². The van der Waals surface area contributed by atoms with E-state index in [1.54, 1.807) is 0 Å². The molecular formula is C15H18O3. The van der Waals surface area contributed by atoms with Crippen LogP contribution in [0.25, 0.3) is 0 Å². The molecule has 2 rings (SSSR count). The van der Waals surface area contributed by atoms with E-state index in [1.807, 2.05) is 19.1 Å². The van der Waals surface area contributed by atoms with Crippen LogP contribution in [0.5, 0.6) is 0 Å². The highest BCUT2D eigenvalue weighted by Crippen LogP contribution is 2.27. The lowest BCUT2D eigenvalue weighted by atomic mass is 10.0. The van der Waals surface area contributed by atoms with Crippen molar-refractivity contribution in [2.45, 2.75) is 39.1 Å². The van der Waals surface area contributed by atoms with Crippen molar-refractivity contribution < 1.29 is 14.3 Å². The topological polar surface area (TPSA) is 35.5 Å². The molecule has 3 nitrogen and oxygen atoms in total. The average Bonchev–Trinajstić information content (AvgIpc) is 2.32. The lowest BCUT2D eigenvalue weighted by Crippen LogP contribution is -2.33. The second-order valence-electron chi connectivity index (χ2n) is 4.63. The molecule has 0 aliphatic carbocycles. The fourth-order valence-corrected chi connectivity index (χ4v) is 1.99. The van der Waals surface area contributed by atoms with E-state index in [1.165, 1.54) is 12.5 Å². The Morgan fingerprint density at radius 3 is 2.44 bits per heavy atom. The Morgan fingerprint density at radius 2 is 1.89 bits per heavy atom. The molecule has 0 saturated carbocycles. The molecule has 1 aliphatic heterocycles. The van der Waals surface area contributed by atoms with Gasteiger partial charge in [0.1, 0.15) is 12.2 Å². The van der Waals surface area contributed by atoms with Gasteiger partial charge in [-0.05, 0) is 25.5 Å². The van der Waals surface area contributed by atoms with E-state index in [2.05, 4.69) is 31.2 Å². The number of hydrogen-bond donors (Lipinski definition) is 0. The van der Waals surface area contributed by atoms with Crippen LogP contribution in [0.1, 0.15) is 31.1 Å². The van der Waals surface area contributed by atoms with E-state index < -0.39 is 0 Å². The van der Waals surface area contributed by atoms with Gasteiger partial charge in [0.05, 0.1) is 6.10 Å². The predicted octanol–water partition coefficient (Wildman–Crippen LogP) is 2.94. The molecule has 0 aromatic heterocycles. The second kappa shape index (κ2) is 5.36. The molecule has 1 aromatic rings. The standard InChI is InChI=1S/C15H18O3/c1-10-4-6-13(7-5-10)15-9-8-14(11(2)17-15)18-12(3)16/h4-9,11,14-15H,1-3H3/t11-,14+,15+/m0/s1. The first kappa shape index (κ1) is 12.8. The van der Waals surface area contributed by atoms with Gasteiger partial charge in [-0.3, -0.25) is 4.79 Å². The zero-order valence-corrected chi connectivity index (χ0v) is 10.9. The van der Waals surface area contributed by atoms with Gasteiger partial charge in [-0.15, -0.1) is 0 Å². The number of rotatable bonds is 2. The highest BCUT2D eigenvalue weighted by atomic mass is 16.6. The van der Waals surface area contributed by atoms with Crippen LogP contribution in [0.2, 0.25) is 0 Å². The van der Waals surface area contributed by atoms with Crippen molar-refractivity contribution in [2.24, 2.45) is 0 Å². The normalized spacial score (nSPS) is 26.9. The minimum atomic E-state index is -0.288. The maximum atomic E-state index is 10.9. The van der Waals surface area contributed by atoms with Crippen LogP contribution >= 0.6 is 0 Å². The molecule has 1 aromatic carbocycles. The summed E-state index contributed by atoms with van der Waals surface area (Å²) in [7, 11) is 0. The summed E-state index contributed by atoms with van der Waals surface area (Å²) in [6, 6.07) is 8.25. The molecule has 3 atom stereocenters. The summed E-state index contributed by atoms with van der Waals surface area (Å²) >= 11 is 0. The van der Waals surface area contributed by atoms with E-state index >= 15 is 0 Å². The second-order valence-corrected chi connectivity index (χ2v) is 4.63. The summed E-state index contributed by atoms with van der Waals surface area (Å²) in [5.41, 5.74) is 2.34. The molecule has 96 valence electrons. The first-order valence-corrected chi connectivity index (χ1v) is 6.14. The van der Waals surface area contributed by atoms with Crippen molar-refractivity contribution in [3.05, 3.63) is 47.5 Å². The van der Waals surface area contributed by atoms with Crippen LogP contribution in [-0.2, 0) is 14.3 Å². The van der Waals surface area contributed by atoms with Crippen LogP contribution in [0, 0.1) is 6.92 Å². The molecule has 0 bridgehead atoms. The van der Waals surface area contributed by atoms with E-state index in [9.17, 15) is 4.79 Å². The zero-order chi connectivity index (χ0) is 13.1. The number of hydrogen-bond acceptors (Lipinski definition) is 3. The number of ether oxygens (including phenoxy) is 2. The van der Waals surface area contributed by atoms with Crippen molar-refractivity contribution in [3.63, 3.8) is 0 Å². The SMILES string of the molecule is CC(=O)O[C@@H]1C=C[C@H](c2ccc(C)cc2)O[C@H]1C. The average molecular weight is 246 g/mol. The van der Waals surface area contributed by atoms with E-state index in [4.69, 9.17) is 9.47 Å². The number of benzene rings is 1. The maximum absolute atomic E-state index is 10.9. The molecule has 18 heavy (non-hydrogen) atoms. The van der Waals surface area contributed by atoms with Gasteiger partial charge in [-0.1, -0.05) is 35.9 Å². The van der Waals surface area contributed by atoms with Gasteiger partial charge in [0.15, 0.2) is 0 Å². The smallest absolute Gasteiger partial charge is 0.303 e. The minimum Gasteiger partial charge on any atom is -0.456 e. The van der Waals surface area contributed by atoms with E-state index in [0.717, 1.165) is 5.56 Å². The molecule has 0 unspecified atom stereocenters. The van der Waals surface area contributed by atoms with Gasteiger partial charge in [0.2, 0.25) is 0 Å². The number of esters is 1. The summed E-state index contributed by atoms with van der Waals surface area (Å²) in [4.78, 5) is 10.9. The molecule has 0 saturated heterocycles. The van der Waals surface area contributed by atoms with Crippen LogP contribution in [0.4, 0.5) is 0 Å². The largest absolute Gasteiger partial charge is 0.456 e. The van der Waals surface area contributed by atoms with Crippen LogP contribution < -0.4 is 0 Å². The summed E-state index contributed by atoms with van der Waals surface area (Å²) in [6.45, 7) is 5.38. The van der Waals surface area contributed by atoms with Crippen molar-refractivity contribution >= 4 is 5.97 Å². The Bertz CT molecular complexity index is 447. The fourth-order valence-electron chi connectivity index (χ4n) is 1.99.